The van der Waals surface area contributed by atoms with Gasteiger partial charge in [0.1, 0.15) is 11.6 Å². The van der Waals surface area contributed by atoms with Crippen molar-refractivity contribution in [3.63, 3.8) is 0 Å². The zero-order valence-electron chi connectivity index (χ0n) is 12.1. The first-order valence-electron chi connectivity index (χ1n) is 7.03. The lowest BCUT2D eigenvalue weighted by atomic mass is 9.87. The number of rotatable bonds is 3. The van der Waals surface area contributed by atoms with Crippen LogP contribution >= 0.6 is 0 Å². The molecule has 1 aliphatic heterocycles. The second kappa shape index (κ2) is 5.73. The van der Waals surface area contributed by atoms with Gasteiger partial charge >= 0.3 is 0 Å². The van der Waals surface area contributed by atoms with Crippen LogP contribution in [0.5, 0.6) is 0 Å². The molecule has 1 aromatic carbocycles. The normalized spacial score (nSPS) is 19.6. The highest BCUT2D eigenvalue weighted by molar-refractivity contribution is 6.09. The third-order valence-corrected chi connectivity index (χ3v) is 3.81. The summed E-state index contributed by atoms with van der Waals surface area (Å²) in [4.78, 5) is 26.2. The van der Waals surface area contributed by atoms with Crippen LogP contribution in [-0.4, -0.2) is 18.2 Å². The SMILES string of the molecule is Cc1ccc(F)cc1N1CCC[C@H](C(=O)C(C)C)C1=O. The highest BCUT2D eigenvalue weighted by Gasteiger charge is 2.36. The predicted octanol–water partition coefficient (Wildman–Crippen LogP) is 3.10. The molecular formula is C16H20FNO2. The van der Waals surface area contributed by atoms with Crippen molar-refractivity contribution in [3.8, 4) is 0 Å². The number of piperidine rings is 1. The third-order valence-electron chi connectivity index (χ3n) is 3.81. The van der Waals surface area contributed by atoms with E-state index >= 15 is 0 Å². The van der Waals surface area contributed by atoms with Crippen LogP contribution < -0.4 is 4.90 Å². The molecule has 4 heteroatoms. The molecule has 1 heterocycles. The molecule has 0 unspecified atom stereocenters. The number of nitrogens with zero attached hydrogens (tertiary/aromatic N) is 1. The van der Waals surface area contributed by atoms with Crippen LogP contribution in [0.2, 0.25) is 0 Å². The van der Waals surface area contributed by atoms with Crippen LogP contribution in [0, 0.1) is 24.6 Å². The zero-order chi connectivity index (χ0) is 14.9. The van der Waals surface area contributed by atoms with Crippen LogP contribution in [0.25, 0.3) is 0 Å². The van der Waals surface area contributed by atoms with E-state index in [1.165, 1.54) is 12.1 Å². The standard InChI is InChI=1S/C16H20FNO2/c1-10(2)15(19)13-5-4-8-18(16(13)20)14-9-12(17)7-6-11(14)3/h6-7,9-10,13H,4-5,8H2,1-3H3/t13-/m1/s1. The number of hydrogen-bond donors (Lipinski definition) is 0. The summed E-state index contributed by atoms with van der Waals surface area (Å²) in [6, 6.07) is 4.41. The van der Waals surface area contributed by atoms with Crippen molar-refractivity contribution < 1.29 is 14.0 Å². The number of anilines is 1. The Morgan fingerprint density at radius 3 is 2.75 bits per heavy atom. The third kappa shape index (κ3) is 2.74. The van der Waals surface area contributed by atoms with Gasteiger partial charge in [-0.05, 0) is 37.5 Å². The Bertz CT molecular complexity index is 539. The van der Waals surface area contributed by atoms with Gasteiger partial charge in [-0.15, -0.1) is 0 Å². The number of aryl methyl sites for hydroxylation is 1. The lowest BCUT2D eigenvalue weighted by Crippen LogP contribution is -2.45. The Balaban J connectivity index is 2.31. The van der Waals surface area contributed by atoms with Crippen molar-refractivity contribution >= 4 is 17.4 Å². The van der Waals surface area contributed by atoms with E-state index < -0.39 is 5.92 Å². The van der Waals surface area contributed by atoms with E-state index in [1.54, 1.807) is 11.0 Å². The lowest BCUT2D eigenvalue weighted by molar-refractivity contribution is -0.135. The Hall–Kier alpha value is -1.71. The van der Waals surface area contributed by atoms with E-state index in [0.717, 1.165) is 12.0 Å². The minimum absolute atomic E-state index is 0.0197. The fourth-order valence-corrected chi connectivity index (χ4v) is 2.65. The molecule has 20 heavy (non-hydrogen) atoms. The van der Waals surface area contributed by atoms with Crippen LogP contribution in [0.15, 0.2) is 18.2 Å². The number of hydrogen-bond acceptors (Lipinski definition) is 2. The first-order valence-corrected chi connectivity index (χ1v) is 7.03. The van der Waals surface area contributed by atoms with Crippen LogP contribution in [-0.2, 0) is 9.59 Å². The summed E-state index contributed by atoms with van der Waals surface area (Å²) >= 11 is 0. The average molecular weight is 277 g/mol. The van der Waals surface area contributed by atoms with E-state index in [1.807, 2.05) is 20.8 Å². The maximum atomic E-state index is 13.4. The van der Waals surface area contributed by atoms with Gasteiger partial charge in [0.25, 0.3) is 0 Å². The molecule has 1 fully saturated rings. The van der Waals surface area contributed by atoms with Crippen molar-refractivity contribution in [1.29, 1.82) is 0 Å². The summed E-state index contributed by atoms with van der Waals surface area (Å²) in [5, 5.41) is 0. The zero-order valence-corrected chi connectivity index (χ0v) is 12.1. The monoisotopic (exact) mass is 277 g/mol. The highest BCUT2D eigenvalue weighted by Crippen LogP contribution is 2.29. The van der Waals surface area contributed by atoms with Gasteiger partial charge in [-0.2, -0.15) is 0 Å². The Morgan fingerprint density at radius 2 is 2.10 bits per heavy atom. The molecule has 0 bridgehead atoms. The molecule has 0 aromatic heterocycles. The average Bonchev–Trinajstić information content (AvgIpc) is 2.41. The highest BCUT2D eigenvalue weighted by atomic mass is 19.1. The summed E-state index contributed by atoms with van der Waals surface area (Å²) in [6.07, 6.45) is 1.37. The van der Waals surface area contributed by atoms with Crippen LogP contribution in [0.3, 0.4) is 0 Å². The minimum atomic E-state index is -0.577. The van der Waals surface area contributed by atoms with Crippen molar-refractivity contribution in [3.05, 3.63) is 29.6 Å². The van der Waals surface area contributed by atoms with Gasteiger partial charge < -0.3 is 4.90 Å². The molecule has 0 aliphatic carbocycles. The van der Waals surface area contributed by atoms with Crippen molar-refractivity contribution in [2.24, 2.45) is 11.8 Å². The van der Waals surface area contributed by atoms with Gasteiger partial charge in [-0.25, -0.2) is 4.39 Å². The molecule has 108 valence electrons. The molecule has 0 spiro atoms. The molecule has 1 saturated heterocycles. The fourth-order valence-electron chi connectivity index (χ4n) is 2.65. The summed E-state index contributed by atoms with van der Waals surface area (Å²) in [5.41, 5.74) is 1.42. The lowest BCUT2D eigenvalue weighted by Gasteiger charge is -2.33. The number of carbonyl (C=O) groups is 2. The van der Waals surface area contributed by atoms with Gasteiger partial charge in [0.2, 0.25) is 5.91 Å². The number of Topliss-reactive ketones (excluding diaryl/α,β-unsaturated/α-hetero) is 1. The van der Waals surface area contributed by atoms with E-state index in [4.69, 9.17) is 0 Å². The molecule has 1 amide bonds. The number of halogens is 1. The number of carbonyl (C=O) groups excluding carboxylic acids is 2. The largest absolute Gasteiger partial charge is 0.311 e. The summed E-state index contributed by atoms with van der Waals surface area (Å²) in [5.74, 6) is -1.31. The maximum Gasteiger partial charge on any atom is 0.237 e. The predicted molar refractivity (Wildman–Crippen MR) is 76.1 cm³/mol. The van der Waals surface area contributed by atoms with Gasteiger partial charge in [0.05, 0.1) is 5.92 Å². The Kier molecular flexibility index (Phi) is 4.21. The van der Waals surface area contributed by atoms with Crippen LogP contribution in [0.1, 0.15) is 32.3 Å². The number of amides is 1. The van der Waals surface area contributed by atoms with E-state index in [9.17, 15) is 14.0 Å². The molecular weight excluding hydrogens is 257 g/mol. The smallest absolute Gasteiger partial charge is 0.237 e. The first kappa shape index (κ1) is 14.7. The Morgan fingerprint density at radius 1 is 1.40 bits per heavy atom. The van der Waals surface area contributed by atoms with Gasteiger partial charge in [-0.1, -0.05) is 19.9 Å². The summed E-state index contributed by atoms with van der Waals surface area (Å²) in [6.45, 7) is 6.00. The van der Waals surface area contributed by atoms with Crippen molar-refractivity contribution in [2.45, 2.75) is 33.6 Å². The van der Waals surface area contributed by atoms with Crippen molar-refractivity contribution in [1.82, 2.24) is 0 Å². The topological polar surface area (TPSA) is 37.4 Å². The van der Waals surface area contributed by atoms with E-state index in [-0.39, 0.29) is 23.4 Å². The Labute approximate surface area is 118 Å². The second-order valence-corrected chi connectivity index (χ2v) is 5.67. The molecule has 1 aromatic rings. The molecule has 1 atom stereocenters. The fraction of sp³-hybridized carbons (Fsp3) is 0.500. The van der Waals surface area contributed by atoms with Crippen LogP contribution in [0.4, 0.5) is 10.1 Å². The second-order valence-electron chi connectivity index (χ2n) is 5.67. The number of benzene rings is 1. The van der Waals surface area contributed by atoms with Gasteiger partial charge in [0.15, 0.2) is 0 Å². The minimum Gasteiger partial charge on any atom is -0.311 e. The molecule has 0 N–H and O–H groups in total. The summed E-state index contributed by atoms with van der Waals surface area (Å²) < 4.78 is 13.4. The molecule has 0 radical (unpaired) electrons. The first-order chi connectivity index (χ1) is 9.41. The molecule has 0 saturated carbocycles. The molecule has 1 aliphatic rings. The van der Waals surface area contributed by atoms with Gasteiger partial charge in [-0.3, -0.25) is 9.59 Å². The quantitative estimate of drug-likeness (QED) is 0.796. The summed E-state index contributed by atoms with van der Waals surface area (Å²) in [7, 11) is 0. The van der Waals surface area contributed by atoms with Gasteiger partial charge in [0, 0.05) is 18.2 Å². The van der Waals surface area contributed by atoms with E-state index in [2.05, 4.69) is 0 Å². The number of ketones is 1. The van der Waals surface area contributed by atoms with Crippen molar-refractivity contribution in [2.75, 3.05) is 11.4 Å². The van der Waals surface area contributed by atoms with E-state index in [0.29, 0.717) is 18.7 Å². The molecule has 3 nitrogen and oxygen atoms in total. The molecule has 2 rings (SSSR count). The maximum absolute atomic E-state index is 13.4.